The Bertz CT molecular complexity index is 876. The molecule has 3 rings (SSSR count). The van der Waals surface area contributed by atoms with Gasteiger partial charge in [-0.05, 0) is 30.7 Å². The molecule has 130 valence electrons. The van der Waals surface area contributed by atoms with Crippen LogP contribution in [0.1, 0.15) is 28.6 Å². The fourth-order valence-electron chi connectivity index (χ4n) is 2.76. The van der Waals surface area contributed by atoms with Gasteiger partial charge in [-0.2, -0.15) is 0 Å². The third-order valence-corrected chi connectivity index (χ3v) is 5.17. The van der Waals surface area contributed by atoms with Gasteiger partial charge in [0.05, 0.1) is 4.88 Å². The molecule has 0 bridgehead atoms. The second-order valence-electron chi connectivity index (χ2n) is 5.85. The van der Waals surface area contributed by atoms with Gasteiger partial charge in [0.1, 0.15) is 18.2 Å². The number of halogens is 1. The van der Waals surface area contributed by atoms with E-state index < -0.39 is 0 Å². The van der Waals surface area contributed by atoms with Crippen LogP contribution in [-0.4, -0.2) is 24.4 Å². The summed E-state index contributed by atoms with van der Waals surface area (Å²) in [5.74, 6) is 0.283. The first-order valence-electron chi connectivity index (χ1n) is 8.25. The maximum Gasteiger partial charge on any atom is 0.264 e. The van der Waals surface area contributed by atoms with Crippen LogP contribution < -0.4 is 4.74 Å². The van der Waals surface area contributed by atoms with Crippen molar-refractivity contribution in [3.05, 3.63) is 64.8 Å². The first-order chi connectivity index (χ1) is 12.1. The predicted molar refractivity (Wildman–Crippen MR) is 99.8 cm³/mol. The van der Waals surface area contributed by atoms with Crippen molar-refractivity contribution in [1.82, 2.24) is 4.90 Å². The quantitative estimate of drug-likeness (QED) is 0.614. The van der Waals surface area contributed by atoms with Crippen LogP contribution in [0, 0.1) is 5.82 Å². The summed E-state index contributed by atoms with van der Waals surface area (Å²) in [4.78, 5) is 15.0. The van der Waals surface area contributed by atoms with Crippen molar-refractivity contribution in [2.45, 2.75) is 20.0 Å². The summed E-state index contributed by atoms with van der Waals surface area (Å²) in [5.41, 5.74) is 0.620. The second kappa shape index (κ2) is 7.66. The fourth-order valence-corrected chi connectivity index (χ4v) is 3.98. The lowest BCUT2D eigenvalue weighted by atomic mass is 10.1. The maximum atomic E-state index is 14.4. The van der Waals surface area contributed by atoms with Crippen LogP contribution in [0.4, 0.5) is 4.39 Å². The SMILES string of the molecule is CCCN(C)C(=O)c1sc2cccc(F)c2c1COc1ccccc1. The van der Waals surface area contributed by atoms with E-state index in [0.29, 0.717) is 28.1 Å². The fraction of sp³-hybridized carbons (Fsp3) is 0.250. The Labute approximate surface area is 150 Å². The minimum Gasteiger partial charge on any atom is -0.489 e. The number of ether oxygens (including phenoxy) is 1. The summed E-state index contributed by atoms with van der Waals surface area (Å²) in [6.45, 7) is 2.84. The number of nitrogens with zero attached hydrogens (tertiary/aromatic N) is 1. The summed E-state index contributed by atoms with van der Waals surface area (Å²) in [6, 6.07) is 14.3. The highest BCUT2D eigenvalue weighted by Gasteiger charge is 2.23. The molecule has 0 spiro atoms. The van der Waals surface area contributed by atoms with Crippen LogP contribution in [0.15, 0.2) is 48.5 Å². The Kier molecular flexibility index (Phi) is 5.34. The van der Waals surface area contributed by atoms with Crippen molar-refractivity contribution in [3.63, 3.8) is 0 Å². The van der Waals surface area contributed by atoms with Gasteiger partial charge in [0.2, 0.25) is 0 Å². The molecule has 1 amide bonds. The Hall–Kier alpha value is -2.40. The molecule has 0 radical (unpaired) electrons. The van der Waals surface area contributed by atoms with E-state index in [1.54, 1.807) is 18.0 Å². The van der Waals surface area contributed by atoms with Crippen molar-refractivity contribution in [2.24, 2.45) is 0 Å². The number of carbonyl (C=O) groups is 1. The largest absolute Gasteiger partial charge is 0.489 e. The average molecular weight is 357 g/mol. The Balaban J connectivity index is 2.00. The summed E-state index contributed by atoms with van der Waals surface area (Å²) >= 11 is 1.32. The van der Waals surface area contributed by atoms with Crippen LogP contribution in [0.25, 0.3) is 10.1 Å². The minimum absolute atomic E-state index is 0.0888. The molecular formula is C20H20FNO2S. The van der Waals surface area contributed by atoms with Crippen LogP contribution in [0.2, 0.25) is 0 Å². The third kappa shape index (κ3) is 3.66. The van der Waals surface area contributed by atoms with Gasteiger partial charge in [0, 0.05) is 29.2 Å². The number of thiophene rings is 1. The lowest BCUT2D eigenvalue weighted by Gasteiger charge is -2.16. The molecular weight excluding hydrogens is 337 g/mol. The zero-order valence-corrected chi connectivity index (χ0v) is 15.1. The van der Waals surface area contributed by atoms with E-state index in [4.69, 9.17) is 4.74 Å². The van der Waals surface area contributed by atoms with Crippen molar-refractivity contribution >= 4 is 27.3 Å². The molecule has 0 fully saturated rings. The van der Waals surface area contributed by atoms with Gasteiger partial charge in [-0.3, -0.25) is 4.79 Å². The van der Waals surface area contributed by atoms with E-state index in [-0.39, 0.29) is 18.3 Å². The van der Waals surface area contributed by atoms with Gasteiger partial charge in [-0.1, -0.05) is 31.2 Å². The monoisotopic (exact) mass is 357 g/mol. The normalized spacial score (nSPS) is 10.8. The van der Waals surface area contributed by atoms with Crippen LogP contribution in [-0.2, 0) is 6.61 Å². The first-order valence-corrected chi connectivity index (χ1v) is 9.06. The van der Waals surface area contributed by atoms with Crippen molar-refractivity contribution < 1.29 is 13.9 Å². The number of hydrogen-bond donors (Lipinski definition) is 0. The van der Waals surface area contributed by atoms with Crippen molar-refractivity contribution in [1.29, 1.82) is 0 Å². The van der Waals surface area contributed by atoms with Gasteiger partial charge in [0.15, 0.2) is 0 Å². The van der Waals surface area contributed by atoms with Crippen molar-refractivity contribution in [2.75, 3.05) is 13.6 Å². The molecule has 0 aliphatic carbocycles. The van der Waals surface area contributed by atoms with Crippen LogP contribution in [0.5, 0.6) is 5.75 Å². The molecule has 0 N–H and O–H groups in total. The lowest BCUT2D eigenvalue weighted by molar-refractivity contribution is 0.0797. The van der Waals surface area contributed by atoms with Crippen LogP contribution >= 0.6 is 11.3 Å². The van der Waals surface area contributed by atoms with E-state index in [1.807, 2.05) is 43.3 Å². The number of hydrogen-bond acceptors (Lipinski definition) is 3. The molecule has 5 heteroatoms. The van der Waals surface area contributed by atoms with E-state index >= 15 is 0 Å². The maximum absolute atomic E-state index is 14.4. The Morgan fingerprint density at radius 2 is 1.92 bits per heavy atom. The van der Waals surface area contributed by atoms with Gasteiger partial charge in [-0.15, -0.1) is 11.3 Å². The summed E-state index contributed by atoms with van der Waals surface area (Å²) < 4.78 is 21.0. The number of amides is 1. The number of benzene rings is 2. The van der Waals surface area contributed by atoms with E-state index in [2.05, 4.69) is 0 Å². The smallest absolute Gasteiger partial charge is 0.264 e. The highest BCUT2D eigenvalue weighted by molar-refractivity contribution is 7.21. The lowest BCUT2D eigenvalue weighted by Crippen LogP contribution is -2.27. The summed E-state index contributed by atoms with van der Waals surface area (Å²) in [5, 5.41) is 0.483. The van der Waals surface area contributed by atoms with E-state index in [1.165, 1.54) is 17.4 Å². The number of fused-ring (bicyclic) bond motifs is 1. The van der Waals surface area contributed by atoms with Gasteiger partial charge in [-0.25, -0.2) is 4.39 Å². The molecule has 25 heavy (non-hydrogen) atoms. The third-order valence-electron chi connectivity index (χ3n) is 3.99. The Morgan fingerprint density at radius 3 is 2.64 bits per heavy atom. The molecule has 3 nitrogen and oxygen atoms in total. The molecule has 0 aliphatic rings. The predicted octanol–water partition coefficient (Wildman–Crippen LogP) is 5.10. The van der Waals surface area contributed by atoms with E-state index in [9.17, 15) is 9.18 Å². The molecule has 0 saturated heterocycles. The highest BCUT2D eigenvalue weighted by Crippen LogP contribution is 2.34. The molecule has 2 aromatic carbocycles. The van der Waals surface area contributed by atoms with Gasteiger partial charge >= 0.3 is 0 Å². The molecule has 0 saturated carbocycles. The molecule has 1 heterocycles. The molecule has 0 unspecified atom stereocenters. The van der Waals surface area contributed by atoms with E-state index in [0.717, 1.165) is 11.1 Å². The second-order valence-corrected chi connectivity index (χ2v) is 6.90. The number of rotatable bonds is 6. The molecule has 0 atom stereocenters. The summed E-state index contributed by atoms with van der Waals surface area (Å²) in [6.07, 6.45) is 0.872. The first kappa shape index (κ1) is 17.4. The molecule has 0 aliphatic heterocycles. The highest BCUT2D eigenvalue weighted by atomic mass is 32.1. The molecule has 3 aromatic rings. The summed E-state index contributed by atoms with van der Waals surface area (Å²) in [7, 11) is 1.77. The van der Waals surface area contributed by atoms with Gasteiger partial charge in [0.25, 0.3) is 5.91 Å². The number of para-hydroxylation sites is 1. The number of carbonyl (C=O) groups excluding carboxylic acids is 1. The Morgan fingerprint density at radius 1 is 1.16 bits per heavy atom. The van der Waals surface area contributed by atoms with Crippen molar-refractivity contribution in [3.8, 4) is 5.75 Å². The van der Waals surface area contributed by atoms with Crippen LogP contribution in [0.3, 0.4) is 0 Å². The topological polar surface area (TPSA) is 29.5 Å². The zero-order chi connectivity index (χ0) is 17.8. The zero-order valence-electron chi connectivity index (χ0n) is 14.3. The average Bonchev–Trinajstić information content (AvgIpc) is 3.00. The molecule has 1 aromatic heterocycles. The standard InChI is InChI=1S/C20H20FNO2S/c1-3-12-22(2)20(23)19-15(13-24-14-8-5-4-6-9-14)18-16(21)10-7-11-17(18)25-19/h4-11H,3,12-13H2,1-2H3. The van der Waals surface area contributed by atoms with Gasteiger partial charge < -0.3 is 9.64 Å². The minimum atomic E-state index is -0.322.